The number of hydrogen-bond donors (Lipinski definition) is 0. The third-order valence-electron chi connectivity index (χ3n) is 4.19. The zero-order valence-electron chi connectivity index (χ0n) is 12.9. The molecule has 0 radical (unpaired) electrons. The minimum atomic E-state index is -0.0291. The van der Waals surface area contributed by atoms with Crippen LogP contribution in [0.5, 0.6) is 0 Å². The summed E-state index contributed by atoms with van der Waals surface area (Å²) in [5.74, 6) is 0.812. The van der Waals surface area contributed by atoms with Gasteiger partial charge in [-0.05, 0) is 45.4 Å². The van der Waals surface area contributed by atoms with E-state index in [0.29, 0.717) is 12.0 Å². The lowest BCUT2D eigenvalue weighted by Crippen LogP contribution is -2.39. The van der Waals surface area contributed by atoms with Crippen LogP contribution < -0.4 is 0 Å². The van der Waals surface area contributed by atoms with E-state index in [4.69, 9.17) is 9.47 Å². The zero-order chi connectivity index (χ0) is 14.3. The van der Waals surface area contributed by atoms with Crippen molar-refractivity contribution in [3.05, 3.63) is 0 Å². The first kappa shape index (κ1) is 16.4. The Labute approximate surface area is 117 Å². The molecule has 0 aromatic heterocycles. The minimum Gasteiger partial charge on any atom is -0.469 e. The number of esters is 1. The van der Waals surface area contributed by atoms with Crippen LogP contribution in [0, 0.1) is 11.8 Å². The van der Waals surface area contributed by atoms with Gasteiger partial charge in [-0.3, -0.25) is 9.69 Å². The standard InChI is InChI=1S/C15H29NO3/c1-12(2)16(9-10-18-3)11-13-5-7-14(8-6-13)15(17)19-4/h12-14H,5-11H2,1-4H3. The predicted octanol–water partition coefficient (Wildman–Crippen LogP) is 2.32. The third kappa shape index (κ3) is 5.49. The summed E-state index contributed by atoms with van der Waals surface area (Å²) < 4.78 is 10.0. The predicted molar refractivity (Wildman–Crippen MR) is 76.0 cm³/mol. The van der Waals surface area contributed by atoms with Crippen LogP contribution in [0.15, 0.2) is 0 Å². The summed E-state index contributed by atoms with van der Waals surface area (Å²) >= 11 is 0. The highest BCUT2D eigenvalue weighted by Gasteiger charge is 2.28. The molecule has 0 aromatic carbocycles. The molecule has 0 unspecified atom stereocenters. The number of rotatable bonds is 7. The third-order valence-corrected chi connectivity index (χ3v) is 4.19. The number of nitrogens with zero attached hydrogens (tertiary/aromatic N) is 1. The Hall–Kier alpha value is -0.610. The highest BCUT2D eigenvalue weighted by Crippen LogP contribution is 2.30. The summed E-state index contributed by atoms with van der Waals surface area (Å²) in [6.45, 7) is 7.36. The van der Waals surface area contributed by atoms with Crippen molar-refractivity contribution < 1.29 is 14.3 Å². The molecule has 0 aliphatic heterocycles. The molecule has 1 aliphatic rings. The Kier molecular flexibility index (Phi) is 7.39. The van der Waals surface area contributed by atoms with Crippen LogP contribution >= 0.6 is 0 Å². The highest BCUT2D eigenvalue weighted by atomic mass is 16.5. The molecule has 1 rings (SSSR count). The summed E-state index contributed by atoms with van der Waals surface area (Å²) in [4.78, 5) is 14.0. The van der Waals surface area contributed by atoms with Crippen molar-refractivity contribution in [3.8, 4) is 0 Å². The molecule has 0 saturated heterocycles. The van der Waals surface area contributed by atoms with Crippen LogP contribution in [-0.4, -0.2) is 50.8 Å². The van der Waals surface area contributed by atoms with Crippen molar-refractivity contribution in [2.24, 2.45) is 11.8 Å². The monoisotopic (exact) mass is 271 g/mol. The molecular weight excluding hydrogens is 242 g/mol. The van der Waals surface area contributed by atoms with E-state index in [1.807, 2.05) is 0 Å². The number of methoxy groups -OCH3 is 2. The van der Waals surface area contributed by atoms with Crippen LogP contribution in [0.3, 0.4) is 0 Å². The number of ether oxygens (including phenoxy) is 2. The van der Waals surface area contributed by atoms with Crippen molar-refractivity contribution in [2.75, 3.05) is 33.9 Å². The molecule has 0 amide bonds. The Morgan fingerprint density at radius 2 is 1.84 bits per heavy atom. The molecule has 0 N–H and O–H groups in total. The van der Waals surface area contributed by atoms with Gasteiger partial charge in [-0.2, -0.15) is 0 Å². The highest BCUT2D eigenvalue weighted by molar-refractivity contribution is 5.72. The van der Waals surface area contributed by atoms with Crippen molar-refractivity contribution >= 4 is 5.97 Å². The maximum atomic E-state index is 11.5. The molecule has 0 atom stereocenters. The molecule has 19 heavy (non-hydrogen) atoms. The zero-order valence-corrected chi connectivity index (χ0v) is 12.9. The van der Waals surface area contributed by atoms with Crippen molar-refractivity contribution in [1.29, 1.82) is 0 Å². The second-order valence-electron chi connectivity index (χ2n) is 5.82. The number of carbonyl (C=O) groups excluding carboxylic acids is 1. The van der Waals surface area contributed by atoms with Crippen molar-refractivity contribution in [2.45, 2.75) is 45.6 Å². The van der Waals surface area contributed by atoms with Gasteiger partial charge >= 0.3 is 5.97 Å². The van der Waals surface area contributed by atoms with Crippen molar-refractivity contribution in [3.63, 3.8) is 0 Å². The fraction of sp³-hybridized carbons (Fsp3) is 0.933. The Balaban J connectivity index is 2.35. The van der Waals surface area contributed by atoms with Crippen LogP contribution in [0.1, 0.15) is 39.5 Å². The molecular formula is C15H29NO3. The van der Waals surface area contributed by atoms with Crippen molar-refractivity contribution in [1.82, 2.24) is 4.90 Å². The normalized spacial score (nSPS) is 23.9. The average molecular weight is 271 g/mol. The van der Waals surface area contributed by atoms with Gasteiger partial charge in [-0.1, -0.05) is 0 Å². The summed E-state index contributed by atoms with van der Waals surface area (Å²) in [5.41, 5.74) is 0. The Bertz CT molecular complexity index is 260. The van der Waals surface area contributed by atoms with Gasteiger partial charge in [0.1, 0.15) is 0 Å². The van der Waals surface area contributed by atoms with Gasteiger partial charge in [0, 0.05) is 26.2 Å². The van der Waals surface area contributed by atoms with Gasteiger partial charge in [-0.25, -0.2) is 0 Å². The van der Waals surface area contributed by atoms with E-state index in [9.17, 15) is 4.79 Å². The lowest BCUT2D eigenvalue weighted by atomic mass is 9.81. The molecule has 0 bridgehead atoms. The Morgan fingerprint density at radius 1 is 1.21 bits per heavy atom. The first-order valence-corrected chi connectivity index (χ1v) is 7.39. The Morgan fingerprint density at radius 3 is 2.32 bits per heavy atom. The summed E-state index contributed by atoms with van der Waals surface area (Å²) in [5, 5.41) is 0. The van der Waals surface area contributed by atoms with Gasteiger partial charge in [0.25, 0.3) is 0 Å². The second-order valence-corrected chi connectivity index (χ2v) is 5.82. The van der Waals surface area contributed by atoms with E-state index in [1.165, 1.54) is 7.11 Å². The molecule has 0 aromatic rings. The summed E-state index contributed by atoms with van der Waals surface area (Å²) in [6.07, 6.45) is 4.23. The number of carbonyl (C=O) groups is 1. The largest absolute Gasteiger partial charge is 0.469 e. The van der Waals surface area contributed by atoms with Crippen LogP contribution in [0.2, 0.25) is 0 Å². The smallest absolute Gasteiger partial charge is 0.308 e. The molecule has 1 saturated carbocycles. The lowest BCUT2D eigenvalue weighted by molar-refractivity contribution is -0.146. The van der Waals surface area contributed by atoms with Crippen LogP contribution in [0.4, 0.5) is 0 Å². The molecule has 4 nitrogen and oxygen atoms in total. The van der Waals surface area contributed by atoms with E-state index >= 15 is 0 Å². The SMILES string of the molecule is COCCN(CC1CCC(C(=O)OC)CC1)C(C)C. The maximum Gasteiger partial charge on any atom is 0.308 e. The molecule has 1 aliphatic carbocycles. The van der Waals surface area contributed by atoms with Gasteiger partial charge in [0.05, 0.1) is 19.6 Å². The second kappa shape index (κ2) is 8.54. The number of hydrogen-bond acceptors (Lipinski definition) is 4. The van der Waals surface area contributed by atoms with Crippen LogP contribution in [-0.2, 0) is 14.3 Å². The first-order valence-electron chi connectivity index (χ1n) is 7.39. The molecule has 4 heteroatoms. The fourth-order valence-electron chi connectivity index (χ4n) is 2.85. The van der Waals surface area contributed by atoms with Gasteiger partial charge in [0.2, 0.25) is 0 Å². The molecule has 112 valence electrons. The summed E-state index contributed by atoms with van der Waals surface area (Å²) in [6, 6.07) is 0.550. The van der Waals surface area contributed by atoms with E-state index in [0.717, 1.165) is 45.4 Å². The quantitative estimate of drug-likeness (QED) is 0.666. The molecule has 0 spiro atoms. The lowest BCUT2D eigenvalue weighted by Gasteiger charge is -2.33. The van der Waals surface area contributed by atoms with E-state index in [1.54, 1.807) is 7.11 Å². The first-order chi connectivity index (χ1) is 9.08. The van der Waals surface area contributed by atoms with Gasteiger partial charge < -0.3 is 9.47 Å². The van der Waals surface area contributed by atoms with Gasteiger partial charge in [-0.15, -0.1) is 0 Å². The maximum absolute atomic E-state index is 11.5. The average Bonchev–Trinajstić information content (AvgIpc) is 2.43. The molecule has 0 heterocycles. The minimum absolute atomic E-state index is 0.0291. The van der Waals surface area contributed by atoms with Gasteiger partial charge in [0.15, 0.2) is 0 Å². The van der Waals surface area contributed by atoms with E-state index < -0.39 is 0 Å². The van der Waals surface area contributed by atoms with E-state index in [2.05, 4.69) is 18.7 Å². The van der Waals surface area contributed by atoms with Crippen LogP contribution in [0.25, 0.3) is 0 Å². The summed E-state index contributed by atoms with van der Waals surface area (Å²) in [7, 11) is 3.24. The fourth-order valence-corrected chi connectivity index (χ4v) is 2.85. The molecule has 1 fully saturated rings. The topological polar surface area (TPSA) is 38.8 Å². The van der Waals surface area contributed by atoms with E-state index in [-0.39, 0.29) is 11.9 Å².